The van der Waals surface area contributed by atoms with Crippen molar-refractivity contribution in [3.63, 3.8) is 0 Å². The van der Waals surface area contributed by atoms with Crippen molar-refractivity contribution in [1.82, 2.24) is 44.9 Å². The first kappa shape index (κ1) is 80.4. The molecule has 1 saturated heterocycles. The van der Waals surface area contributed by atoms with Crippen LogP contribution < -0.4 is 5.46 Å². The molecular formula is C81H75BCl4Ir3N9O2-3. The largest absolute Gasteiger partial charge is 0.496 e. The molecular weight excluding hydrogens is 1860 g/mol. The molecule has 12 aromatic rings. The van der Waals surface area contributed by atoms with Gasteiger partial charge >= 0.3 is 7.12 Å². The van der Waals surface area contributed by atoms with Crippen LogP contribution in [0.1, 0.15) is 107 Å². The predicted molar refractivity (Wildman–Crippen MR) is 398 cm³/mol. The monoisotopic (exact) mass is 1940 g/mol. The molecule has 19 heteroatoms. The van der Waals surface area contributed by atoms with Crippen LogP contribution in [0, 0.1) is 18.2 Å². The Morgan fingerprint density at radius 3 is 1.01 bits per heavy atom. The molecule has 1 fully saturated rings. The van der Waals surface area contributed by atoms with Crippen LogP contribution in [0.5, 0.6) is 0 Å². The van der Waals surface area contributed by atoms with Crippen molar-refractivity contribution in [2.75, 3.05) is 0 Å². The molecule has 1 aliphatic rings. The molecule has 517 valence electrons. The van der Waals surface area contributed by atoms with Crippen molar-refractivity contribution in [1.29, 1.82) is 0 Å². The Morgan fingerprint density at radius 1 is 0.340 bits per heavy atom. The zero-order valence-electron chi connectivity index (χ0n) is 57.7. The number of hydrogen-bond acceptors (Lipinski definition) is 11. The molecule has 0 aliphatic carbocycles. The summed E-state index contributed by atoms with van der Waals surface area (Å²) in [5.74, 6) is 0.559. The molecule has 3 radical (unpaired) electrons. The summed E-state index contributed by atoms with van der Waals surface area (Å²) in [6.07, 6.45) is 5.40. The SMILES string of the molecule is CC(C)(C)c1ccc(-c2cc(-c3ccc(-c4[c-]cccc4)nc3)nc(Cl)n2)cc1.CC(C)(C)c1ccc(-c2cc(Cl)nc(-c3ccc(-c4[c-]cccc4)nc3)n2)cc1.CC(C)(C)c1ccc(-c2cc(Cl)nc(Cl)n2)cc1.CC1(C)OB(c2ccc(-c3[c-]cccc3)nc2)OC1(C)C.[Ir].[Ir].[Ir]. The standard InChI is InChI=1S/2C25H21ClN3.C17H19BNO2.C14H14Cl2N2.3Ir/c1-25(2,3)20-12-9-18(10-13-20)22-15-23(26)29-24(28-22)19-11-14-21(27-16-19)17-7-5-4-6-8-17;1-25(2,3)20-12-9-18(10-13-20)22-15-23(29-24(26)28-22)19-11-14-21(27-16-19)17-7-5-4-6-8-17;1-16(2)17(3,4)21-18(20-16)14-10-11-15(19-12-14)13-8-6-5-7-9-13;1-14(2,3)10-6-4-9(5-7-10)11-8-12(15)18-13(16)17-11;;;/h2*4-7,9-16H,1-3H3;5-8,10-12H,1-4H3;4-8H,1-3H3;;;/q3*-1;;;;. The van der Waals surface area contributed by atoms with Crippen molar-refractivity contribution in [3.8, 4) is 90.2 Å². The average Bonchev–Trinajstić information content (AvgIpc) is 1.70. The Balaban J connectivity index is 0.000000189. The van der Waals surface area contributed by atoms with Gasteiger partial charge in [0, 0.05) is 119 Å². The molecule has 0 bridgehead atoms. The van der Waals surface area contributed by atoms with E-state index in [-0.39, 0.29) is 105 Å². The van der Waals surface area contributed by atoms with Crippen LogP contribution in [0.25, 0.3) is 90.2 Å². The van der Waals surface area contributed by atoms with Gasteiger partial charge in [-0.3, -0.25) is 0 Å². The number of benzene rings is 6. The number of nitrogens with zero attached hydrogens (tertiary/aromatic N) is 9. The molecule has 0 unspecified atom stereocenters. The Hall–Kier alpha value is -6.90. The first-order chi connectivity index (χ1) is 46.0. The maximum absolute atomic E-state index is 6.30. The molecule has 6 aromatic heterocycles. The van der Waals surface area contributed by atoms with Gasteiger partial charge in [-0.2, -0.15) is 0 Å². The fraction of sp³-hybridized carbons (Fsp3) is 0.222. The van der Waals surface area contributed by atoms with Crippen molar-refractivity contribution in [2.24, 2.45) is 0 Å². The zero-order chi connectivity index (χ0) is 69.3. The van der Waals surface area contributed by atoms with Gasteiger partial charge in [0.25, 0.3) is 0 Å². The first-order valence-corrected chi connectivity index (χ1v) is 33.3. The Kier molecular flexibility index (Phi) is 28.0. The normalized spacial score (nSPS) is 12.9. The predicted octanol–water partition coefficient (Wildman–Crippen LogP) is 20.8. The second-order valence-corrected chi connectivity index (χ2v) is 28.8. The number of pyridine rings is 3. The van der Waals surface area contributed by atoms with E-state index in [1.807, 2.05) is 161 Å². The summed E-state index contributed by atoms with van der Waals surface area (Å²) >= 11 is 24.2. The van der Waals surface area contributed by atoms with Crippen molar-refractivity contribution in [3.05, 3.63) is 275 Å². The summed E-state index contributed by atoms with van der Waals surface area (Å²) in [7, 11) is -0.365. The molecule has 0 saturated carbocycles. The van der Waals surface area contributed by atoms with Gasteiger partial charge < -0.3 is 24.3 Å². The number of halogens is 4. The van der Waals surface area contributed by atoms with E-state index in [2.05, 4.69) is 181 Å². The Bertz CT molecular complexity index is 4370. The summed E-state index contributed by atoms with van der Waals surface area (Å²) in [4.78, 5) is 39.5. The van der Waals surface area contributed by atoms with Crippen LogP contribution in [0.2, 0.25) is 20.9 Å². The van der Waals surface area contributed by atoms with Gasteiger partial charge in [-0.15, -0.1) is 108 Å². The third-order valence-corrected chi connectivity index (χ3v) is 17.3. The van der Waals surface area contributed by atoms with E-state index < -0.39 is 0 Å². The molecule has 0 N–H and O–H groups in total. The summed E-state index contributed by atoms with van der Waals surface area (Å²) < 4.78 is 12.1. The maximum Gasteiger partial charge on any atom is 0.496 e. The van der Waals surface area contributed by atoms with Crippen LogP contribution in [-0.2, 0) is 85.9 Å². The smallest absolute Gasteiger partial charge is 0.399 e. The van der Waals surface area contributed by atoms with E-state index in [1.54, 1.807) is 24.5 Å². The van der Waals surface area contributed by atoms with E-state index in [0.717, 1.165) is 89.8 Å². The number of aromatic nitrogens is 9. The Labute approximate surface area is 649 Å². The Morgan fingerprint density at radius 2 is 0.670 bits per heavy atom. The third-order valence-electron chi connectivity index (χ3n) is 16.5. The minimum absolute atomic E-state index is 0. The van der Waals surface area contributed by atoms with E-state index >= 15 is 0 Å². The summed E-state index contributed by atoms with van der Waals surface area (Å²) in [6, 6.07) is 75.3. The van der Waals surface area contributed by atoms with Gasteiger partial charge in [-0.25, -0.2) is 29.9 Å². The minimum atomic E-state index is -0.365. The van der Waals surface area contributed by atoms with Crippen LogP contribution >= 0.6 is 46.4 Å². The van der Waals surface area contributed by atoms with E-state index in [0.29, 0.717) is 16.1 Å². The molecule has 6 aromatic carbocycles. The topological polar surface area (TPSA) is 134 Å². The van der Waals surface area contributed by atoms with E-state index in [4.69, 9.17) is 60.7 Å². The third kappa shape index (κ3) is 21.4. The number of hydrogen-bond donors (Lipinski definition) is 0. The molecule has 0 spiro atoms. The maximum atomic E-state index is 6.30. The summed E-state index contributed by atoms with van der Waals surface area (Å²) in [5.41, 5.74) is 17.7. The summed E-state index contributed by atoms with van der Waals surface area (Å²) in [6.45, 7) is 27.9. The molecule has 0 atom stereocenters. The van der Waals surface area contributed by atoms with Crippen molar-refractivity contribution < 1.29 is 69.6 Å². The number of rotatable bonds is 9. The van der Waals surface area contributed by atoms with Gasteiger partial charge in [0.1, 0.15) is 10.3 Å². The van der Waals surface area contributed by atoms with Crippen LogP contribution in [0.15, 0.2) is 219 Å². The fourth-order valence-corrected chi connectivity index (χ4v) is 10.9. The van der Waals surface area contributed by atoms with Gasteiger partial charge in [-0.1, -0.05) is 195 Å². The van der Waals surface area contributed by atoms with Crippen LogP contribution in [0.3, 0.4) is 0 Å². The second kappa shape index (κ2) is 34.9. The van der Waals surface area contributed by atoms with Crippen molar-refractivity contribution >= 4 is 59.0 Å². The molecule has 11 nitrogen and oxygen atoms in total. The zero-order valence-corrected chi connectivity index (χ0v) is 67.9. The molecule has 7 heterocycles. The van der Waals surface area contributed by atoms with Crippen molar-refractivity contribution in [2.45, 2.75) is 117 Å². The average molecular weight is 1940 g/mol. The van der Waals surface area contributed by atoms with E-state index in [1.165, 1.54) is 16.7 Å². The minimum Gasteiger partial charge on any atom is -0.399 e. The fourth-order valence-electron chi connectivity index (χ4n) is 10.1. The summed E-state index contributed by atoms with van der Waals surface area (Å²) in [5, 5.41) is 1.14. The van der Waals surface area contributed by atoms with Crippen LogP contribution in [0.4, 0.5) is 0 Å². The molecule has 0 amide bonds. The first-order valence-electron chi connectivity index (χ1n) is 31.8. The molecule has 100 heavy (non-hydrogen) atoms. The van der Waals surface area contributed by atoms with Crippen LogP contribution in [-0.4, -0.2) is 63.2 Å². The molecule has 1 aliphatic heterocycles. The van der Waals surface area contributed by atoms with Gasteiger partial charge in [0.15, 0.2) is 5.82 Å². The van der Waals surface area contributed by atoms with Gasteiger partial charge in [0.05, 0.1) is 34.0 Å². The quantitative estimate of drug-likeness (QED) is 0.0591. The van der Waals surface area contributed by atoms with Gasteiger partial charge in [0.2, 0.25) is 10.6 Å². The van der Waals surface area contributed by atoms with Gasteiger partial charge in [-0.05, 0) is 112 Å². The van der Waals surface area contributed by atoms with E-state index in [9.17, 15) is 0 Å². The second-order valence-electron chi connectivity index (χ2n) is 27.4. The molecule has 13 rings (SSSR count).